The van der Waals surface area contributed by atoms with Crippen LogP contribution in [0, 0.1) is 5.92 Å². The molecule has 1 N–H and O–H groups in total. The average Bonchev–Trinajstić information content (AvgIpc) is 2.47. The molecule has 118 valence electrons. The summed E-state index contributed by atoms with van der Waals surface area (Å²) in [6.07, 6.45) is 2.32. The van der Waals surface area contributed by atoms with Crippen LogP contribution in [-0.2, 0) is 10.0 Å². The Morgan fingerprint density at radius 2 is 1.86 bits per heavy atom. The lowest BCUT2D eigenvalue weighted by Gasteiger charge is -2.29. The zero-order chi connectivity index (χ0) is 15.5. The van der Waals surface area contributed by atoms with E-state index in [-0.39, 0.29) is 0 Å². The summed E-state index contributed by atoms with van der Waals surface area (Å²) >= 11 is 0. The number of para-hydroxylation sites is 1. The van der Waals surface area contributed by atoms with Gasteiger partial charge in [0, 0.05) is 20.6 Å². The van der Waals surface area contributed by atoms with Crippen molar-refractivity contribution < 1.29 is 8.42 Å². The zero-order valence-electron chi connectivity index (χ0n) is 13.0. The predicted octanol–water partition coefficient (Wildman–Crippen LogP) is 1.69. The fraction of sp³-hybridized carbons (Fsp3) is 0.600. The number of piperidine rings is 1. The lowest BCUT2D eigenvalue weighted by atomic mass is 9.97. The maximum absolute atomic E-state index is 12.3. The first-order valence-electron chi connectivity index (χ1n) is 7.35. The van der Waals surface area contributed by atoms with Crippen molar-refractivity contribution >= 4 is 15.7 Å². The molecule has 1 saturated heterocycles. The van der Waals surface area contributed by atoms with Crippen LogP contribution in [0.4, 0.5) is 5.69 Å². The van der Waals surface area contributed by atoms with E-state index in [1.54, 1.807) is 26.2 Å². The van der Waals surface area contributed by atoms with Crippen molar-refractivity contribution in [3.05, 3.63) is 24.3 Å². The van der Waals surface area contributed by atoms with E-state index in [1.807, 2.05) is 12.1 Å². The molecule has 1 fully saturated rings. The number of hydrogen-bond donors (Lipinski definition) is 1. The fourth-order valence-electron chi connectivity index (χ4n) is 2.55. The van der Waals surface area contributed by atoms with Crippen LogP contribution >= 0.6 is 0 Å². The minimum absolute atomic E-state index is 0.350. The second kappa shape index (κ2) is 6.77. The second-order valence-corrected chi connectivity index (χ2v) is 8.03. The van der Waals surface area contributed by atoms with Gasteiger partial charge in [0.2, 0.25) is 10.0 Å². The maximum Gasteiger partial charge on any atom is 0.244 e. The standard InChI is InChI=1S/C15H25N3O2S/c1-17(2)21(19,20)15-7-5-4-6-14(15)16-12-13-8-10-18(3)11-9-13/h4-7,13,16H,8-12H2,1-3H3. The van der Waals surface area contributed by atoms with Gasteiger partial charge in [-0.2, -0.15) is 0 Å². The highest BCUT2D eigenvalue weighted by Gasteiger charge is 2.22. The number of anilines is 1. The number of hydrogen-bond acceptors (Lipinski definition) is 4. The van der Waals surface area contributed by atoms with Crippen molar-refractivity contribution in [2.75, 3.05) is 46.1 Å². The van der Waals surface area contributed by atoms with Gasteiger partial charge in [-0.3, -0.25) is 0 Å². The Labute approximate surface area is 128 Å². The molecular formula is C15H25N3O2S. The first-order chi connectivity index (χ1) is 9.91. The highest BCUT2D eigenvalue weighted by Crippen LogP contribution is 2.24. The van der Waals surface area contributed by atoms with E-state index in [0.717, 1.165) is 32.5 Å². The normalized spacial score (nSPS) is 18.1. The van der Waals surface area contributed by atoms with Crippen LogP contribution < -0.4 is 5.32 Å². The third kappa shape index (κ3) is 3.96. The van der Waals surface area contributed by atoms with Gasteiger partial charge in [0.15, 0.2) is 0 Å². The smallest absolute Gasteiger partial charge is 0.244 e. The minimum atomic E-state index is -3.41. The van der Waals surface area contributed by atoms with E-state index in [0.29, 0.717) is 16.5 Å². The first kappa shape index (κ1) is 16.3. The number of benzene rings is 1. The lowest BCUT2D eigenvalue weighted by Crippen LogP contribution is -2.33. The molecule has 21 heavy (non-hydrogen) atoms. The van der Waals surface area contributed by atoms with Crippen LogP contribution in [0.2, 0.25) is 0 Å². The Kier molecular flexibility index (Phi) is 5.24. The molecule has 0 unspecified atom stereocenters. The van der Waals surface area contributed by atoms with Gasteiger partial charge < -0.3 is 10.2 Å². The molecule has 0 spiro atoms. The van der Waals surface area contributed by atoms with Crippen LogP contribution in [0.5, 0.6) is 0 Å². The van der Waals surface area contributed by atoms with E-state index < -0.39 is 10.0 Å². The van der Waals surface area contributed by atoms with Crippen LogP contribution in [0.15, 0.2) is 29.2 Å². The number of nitrogens with one attached hydrogen (secondary N) is 1. The van der Waals surface area contributed by atoms with Gasteiger partial charge in [-0.05, 0) is 51.0 Å². The van der Waals surface area contributed by atoms with E-state index in [1.165, 1.54) is 4.31 Å². The van der Waals surface area contributed by atoms with Crippen molar-refractivity contribution in [3.63, 3.8) is 0 Å². The summed E-state index contributed by atoms with van der Waals surface area (Å²) in [5.41, 5.74) is 0.699. The SMILES string of the molecule is CN1CCC(CNc2ccccc2S(=O)(=O)N(C)C)CC1. The molecule has 1 heterocycles. The van der Waals surface area contributed by atoms with Crippen molar-refractivity contribution in [1.82, 2.24) is 9.21 Å². The van der Waals surface area contributed by atoms with Crippen LogP contribution in [0.25, 0.3) is 0 Å². The largest absolute Gasteiger partial charge is 0.384 e. The van der Waals surface area contributed by atoms with Gasteiger partial charge in [-0.1, -0.05) is 12.1 Å². The molecule has 0 radical (unpaired) electrons. The summed E-state index contributed by atoms with van der Waals surface area (Å²) in [6, 6.07) is 7.13. The summed E-state index contributed by atoms with van der Waals surface area (Å²) in [6.45, 7) is 3.06. The number of sulfonamides is 1. The van der Waals surface area contributed by atoms with Crippen LogP contribution in [-0.4, -0.2) is 58.4 Å². The molecule has 1 aromatic rings. The van der Waals surface area contributed by atoms with Gasteiger partial charge in [0.05, 0.1) is 5.69 Å². The van der Waals surface area contributed by atoms with Crippen molar-refractivity contribution in [3.8, 4) is 0 Å². The Bertz CT molecular complexity index is 564. The van der Waals surface area contributed by atoms with E-state index >= 15 is 0 Å². The third-order valence-electron chi connectivity index (χ3n) is 4.07. The molecule has 0 amide bonds. The molecule has 0 saturated carbocycles. The highest BCUT2D eigenvalue weighted by atomic mass is 32.2. The van der Waals surface area contributed by atoms with E-state index in [4.69, 9.17) is 0 Å². The Balaban J connectivity index is 2.07. The van der Waals surface area contributed by atoms with Gasteiger partial charge in [-0.25, -0.2) is 12.7 Å². The van der Waals surface area contributed by atoms with E-state index in [9.17, 15) is 8.42 Å². The summed E-state index contributed by atoms with van der Waals surface area (Å²) in [7, 11) is 1.85. The third-order valence-corrected chi connectivity index (χ3v) is 5.94. The number of rotatable bonds is 5. The fourth-order valence-corrected chi connectivity index (χ4v) is 3.62. The summed E-state index contributed by atoms with van der Waals surface area (Å²) in [5, 5.41) is 3.33. The summed E-state index contributed by atoms with van der Waals surface area (Å²) in [4.78, 5) is 2.68. The number of likely N-dealkylation sites (tertiary alicyclic amines) is 1. The average molecular weight is 311 g/mol. The van der Waals surface area contributed by atoms with Gasteiger partial charge in [-0.15, -0.1) is 0 Å². The van der Waals surface area contributed by atoms with Gasteiger partial charge in [0.1, 0.15) is 4.90 Å². The van der Waals surface area contributed by atoms with Gasteiger partial charge >= 0.3 is 0 Å². The molecular weight excluding hydrogens is 286 g/mol. The molecule has 0 aromatic heterocycles. The molecule has 0 aliphatic carbocycles. The van der Waals surface area contributed by atoms with Crippen molar-refractivity contribution in [2.45, 2.75) is 17.7 Å². The Hall–Kier alpha value is -1.11. The molecule has 0 atom stereocenters. The first-order valence-corrected chi connectivity index (χ1v) is 8.79. The maximum atomic E-state index is 12.3. The molecule has 0 bridgehead atoms. The monoisotopic (exact) mass is 311 g/mol. The van der Waals surface area contributed by atoms with Crippen molar-refractivity contribution in [2.24, 2.45) is 5.92 Å². The topological polar surface area (TPSA) is 52.7 Å². The summed E-state index contributed by atoms with van der Waals surface area (Å²) in [5.74, 6) is 0.608. The molecule has 1 aliphatic heterocycles. The summed E-state index contributed by atoms with van der Waals surface area (Å²) < 4.78 is 25.9. The number of nitrogens with zero attached hydrogens (tertiary/aromatic N) is 2. The minimum Gasteiger partial charge on any atom is -0.384 e. The van der Waals surface area contributed by atoms with Crippen LogP contribution in [0.3, 0.4) is 0 Å². The molecule has 1 aromatic carbocycles. The highest BCUT2D eigenvalue weighted by molar-refractivity contribution is 7.89. The molecule has 5 nitrogen and oxygen atoms in total. The lowest BCUT2D eigenvalue weighted by molar-refractivity contribution is 0.226. The molecule has 6 heteroatoms. The zero-order valence-corrected chi connectivity index (χ0v) is 13.9. The Morgan fingerprint density at radius 3 is 2.48 bits per heavy atom. The van der Waals surface area contributed by atoms with Crippen LogP contribution in [0.1, 0.15) is 12.8 Å². The molecule has 2 rings (SSSR count). The van der Waals surface area contributed by atoms with Gasteiger partial charge in [0.25, 0.3) is 0 Å². The molecule has 1 aliphatic rings. The Morgan fingerprint density at radius 1 is 1.24 bits per heavy atom. The van der Waals surface area contributed by atoms with E-state index in [2.05, 4.69) is 17.3 Å². The predicted molar refractivity (Wildman–Crippen MR) is 86.0 cm³/mol. The van der Waals surface area contributed by atoms with Crippen molar-refractivity contribution in [1.29, 1.82) is 0 Å². The quantitative estimate of drug-likeness (QED) is 0.899. The second-order valence-electron chi connectivity index (χ2n) is 5.91.